The highest BCUT2D eigenvalue weighted by atomic mass is 16.5. The highest BCUT2D eigenvalue weighted by Gasteiger charge is 2.37. The van der Waals surface area contributed by atoms with Gasteiger partial charge in [0.2, 0.25) is 0 Å². The molecule has 0 spiro atoms. The summed E-state index contributed by atoms with van der Waals surface area (Å²) in [5.74, 6) is 0.112. The molecule has 2 aliphatic heterocycles. The van der Waals surface area contributed by atoms with Crippen molar-refractivity contribution >= 4 is 17.4 Å². The monoisotopic (exact) mass is 284 g/mol. The van der Waals surface area contributed by atoms with Crippen molar-refractivity contribution in [3.8, 4) is 0 Å². The van der Waals surface area contributed by atoms with Crippen LogP contribution in [0.3, 0.4) is 0 Å². The van der Waals surface area contributed by atoms with Crippen LogP contribution in [0.15, 0.2) is 47.8 Å². The predicted octanol–water partition coefficient (Wildman–Crippen LogP) is 1.29. The molecule has 0 aromatic heterocycles. The average Bonchev–Trinajstić information content (AvgIpc) is 2.81. The lowest BCUT2D eigenvalue weighted by atomic mass is 9.99. The molecule has 5 nitrogen and oxygen atoms in total. The second-order valence-electron chi connectivity index (χ2n) is 4.91. The van der Waals surface area contributed by atoms with Gasteiger partial charge in [0.05, 0.1) is 12.7 Å². The summed E-state index contributed by atoms with van der Waals surface area (Å²) >= 11 is 0. The Bertz CT molecular complexity index is 647. The van der Waals surface area contributed by atoms with Crippen molar-refractivity contribution in [1.82, 2.24) is 10.2 Å². The second kappa shape index (κ2) is 5.44. The second-order valence-corrected chi connectivity index (χ2v) is 4.91. The zero-order valence-corrected chi connectivity index (χ0v) is 11.8. The van der Waals surface area contributed by atoms with Gasteiger partial charge in [-0.1, -0.05) is 30.3 Å². The van der Waals surface area contributed by atoms with Crippen LogP contribution in [0.1, 0.15) is 12.0 Å². The molecule has 1 fully saturated rings. The zero-order valence-electron chi connectivity index (χ0n) is 11.8. The molecule has 0 unspecified atom stereocenters. The molecule has 1 amide bonds. The summed E-state index contributed by atoms with van der Waals surface area (Å²) < 4.78 is 4.67. The van der Waals surface area contributed by atoms with Crippen LogP contribution in [0.2, 0.25) is 0 Å². The molecule has 0 saturated carbocycles. The van der Waals surface area contributed by atoms with Crippen LogP contribution < -0.4 is 5.32 Å². The van der Waals surface area contributed by atoms with Gasteiger partial charge in [0.25, 0.3) is 5.91 Å². The first-order valence-corrected chi connectivity index (χ1v) is 6.88. The number of nitrogens with zero attached hydrogens (tertiary/aromatic N) is 1. The van der Waals surface area contributed by atoms with Crippen molar-refractivity contribution in [1.29, 1.82) is 0 Å². The number of methoxy groups -OCH3 is 1. The molecule has 0 aliphatic carbocycles. The van der Waals surface area contributed by atoms with Crippen LogP contribution in [0.4, 0.5) is 0 Å². The molecule has 1 aromatic rings. The summed E-state index contributed by atoms with van der Waals surface area (Å²) in [5.41, 5.74) is 2.07. The Hall–Kier alpha value is -2.56. The smallest absolute Gasteiger partial charge is 0.331 e. The maximum Gasteiger partial charge on any atom is 0.331 e. The first-order chi connectivity index (χ1) is 10.2. The average molecular weight is 284 g/mol. The van der Waals surface area contributed by atoms with E-state index in [2.05, 4.69) is 10.1 Å². The molecule has 5 heteroatoms. The largest absolute Gasteiger partial charge is 0.466 e. The molecule has 21 heavy (non-hydrogen) atoms. The lowest BCUT2D eigenvalue weighted by Gasteiger charge is -2.26. The van der Waals surface area contributed by atoms with Crippen LogP contribution in [-0.2, 0) is 14.3 Å². The Kier molecular flexibility index (Phi) is 3.48. The van der Waals surface area contributed by atoms with E-state index in [9.17, 15) is 9.59 Å². The van der Waals surface area contributed by atoms with E-state index in [0.717, 1.165) is 29.9 Å². The van der Waals surface area contributed by atoms with Crippen LogP contribution in [0, 0.1) is 0 Å². The van der Waals surface area contributed by atoms with E-state index >= 15 is 0 Å². The van der Waals surface area contributed by atoms with Crippen LogP contribution in [0.5, 0.6) is 0 Å². The van der Waals surface area contributed by atoms with E-state index in [1.165, 1.54) is 13.2 Å². The summed E-state index contributed by atoms with van der Waals surface area (Å²) in [7, 11) is 1.31. The van der Waals surface area contributed by atoms with E-state index < -0.39 is 5.97 Å². The minimum absolute atomic E-state index is 0.151. The minimum Gasteiger partial charge on any atom is -0.466 e. The Balaban J connectivity index is 2.15. The first kappa shape index (κ1) is 13.4. The molecule has 3 rings (SSSR count). The fourth-order valence-corrected chi connectivity index (χ4v) is 2.67. The highest BCUT2D eigenvalue weighted by Crippen LogP contribution is 2.36. The van der Waals surface area contributed by atoms with Crippen molar-refractivity contribution < 1.29 is 14.3 Å². The van der Waals surface area contributed by atoms with Gasteiger partial charge in [-0.25, -0.2) is 4.79 Å². The van der Waals surface area contributed by atoms with Gasteiger partial charge >= 0.3 is 5.97 Å². The molecule has 0 bridgehead atoms. The van der Waals surface area contributed by atoms with Gasteiger partial charge in [0.15, 0.2) is 0 Å². The third-order valence-electron chi connectivity index (χ3n) is 3.63. The fourth-order valence-electron chi connectivity index (χ4n) is 2.67. The molecule has 0 atom stereocenters. The molecular weight excluding hydrogens is 268 g/mol. The molecule has 2 aliphatic rings. The minimum atomic E-state index is -0.521. The summed E-state index contributed by atoms with van der Waals surface area (Å²) in [6.07, 6.45) is 2.17. The molecular formula is C16H16N2O3. The number of carbonyl (C=O) groups is 2. The van der Waals surface area contributed by atoms with Gasteiger partial charge in [-0.3, -0.25) is 9.69 Å². The topological polar surface area (TPSA) is 58.6 Å². The number of hydrogen-bond donors (Lipinski definition) is 1. The number of rotatable bonds is 2. The number of carbonyl (C=O) groups excluding carboxylic acids is 2. The Morgan fingerprint density at radius 3 is 2.81 bits per heavy atom. The summed E-state index contributed by atoms with van der Waals surface area (Å²) in [6.45, 7) is 1.48. The zero-order chi connectivity index (χ0) is 14.8. The number of nitrogens with one attached hydrogen (secondary N) is 1. The van der Waals surface area contributed by atoms with Crippen molar-refractivity contribution in [2.24, 2.45) is 0 Å². The summed E-state index contributed by atoms with van der Waals surface area (Å²) in [5, 5.41) is 3.27. The Morgan fingerprint density at radius 2 is 2.10 bits per heavy atom. The van der Waals surface area contributed by atoms with E-state index in [4.69, 9.17) is 0 Å². The first-order valence-electron chi connectivity index (χ1n) is 6.88. The van der Waals surface area contributed by atoms with Crippen molar-refractivity contribution in [2.75, 3.05) is 20.2 Å². The van der Waals surface area contributed by atoms with Crippen molar-refractivity contribution in [3.05, 3.63) is 53.4 Å². The number of fused-ring (bicyclic) bond motifs is 1. The number of hydrogen-bond acceptors (Lipinski definition) is 4. The number of amides is 1. The molecule has 108 valence electrons. The maximum absolute atomic E-state index is 12.5. The number of esters is 1. The van der Waals surface area contributed by atoms with Crippen LogP contribution >= 0.6 is 0 Å². The lowest BCUT2D eigenvalue weighted by molar-refractivity contribution is -0.135. The number of ether oxygens (including phenoxy) is 1. The quantitative estimate of drug-likeness (QED) is 0.657. The Morgan fingerprint density at radius 1 is 1.33 bits per heavy atom. The van der Waals surface area contributed by atoms with Crippen molar-refractivity contribution in [2.45, 2.75) is 6.42 Å². The standard InChI is InChI=1S/C16H16N2O3/c1-21-13(19)10-12-14(11-6-3-2-4-7-11)15-17-8-5-9-18(15)16(12)20/h2-4,6-7,10,17H,5,8-9H2,1H3/b12-10+. The van der Waals surface area contributed by atoms with Gasteiger partial charge in [-0.2, -0.15) is 0 Å². The third kappa shape index (κ3) is 2.31. The summed E-state index contributed by atoms with van der Waals surface area (Å²) in [4.78, 5) is 25.8. The SMILES string of the molecule is COC(=O)/C=C1/C(=O)N2CCCNC2=C1c1ccccc1. The molecule has 0 radical (unpaired) electrons. The molecule has 1 aromatic carbocycles. The normalized spacial score (nSPS) is 19.6. The van der Waals surface area contributed by atoms with Gasteiger partial charge in [-0.05, 0) is 12.0 Å². The van der Waals surface area contributed by atoms with E-state index in [1.54, 1.807) is 4.90 Å². The maximum atomic E-state index is 12.5. The molecule has 1 N–H and O–H groups in total. The van der Waals surface area contributed by atoms with E-state index in [1.807, 2.05) is 30.3 Å². The highest BCUT2D eigenvalue weighted by molar-refractivity contribution is 6.17. The van der Waals surface area contributed by atoms with E-state index in [0.29, 0.717) is 12.1 Å². The lowest BCUT2D eigenvalue weighted by Crippen LogP contribution is -2.39. The fraction of sp³-hybridized carbons (Fsp3) is 0.250. The van der Waals surface area contributed by atoms with Gasteiger partial charge in [0.1, 0.15) is 5.82 Å². The van der Waals surface area contributed by atoms with Gasteiger partial charge in [0, 0.05) is 24.7 Å². The molecule has 2 heterocycles. The molecule has 1 saturated heterocycles. The number of benzene rings is 1. The van der Waals surface area contributed by atoms with Gasteiger partial charge in [-0.15, -0.1) is 0 Å². The van der Waals surface area contributed by atoms with Crippen molar-refractivity contribution in [3.63, 3.8) is 0 Å². The predicted molar refractivity (Wildman–Crippen MR) is 77.8 cm³/mol. The third-order valence-corrected chi connectivity index (χ3v) is 3.63. The van der Waals surface area contributed by atoms with Gasteiger partial charge < -0.3 is 10.1 Å². The van der Waals surface area contributed by atoms with Crippen LogP contribution in [-0.4, -0.2) is 37.0 Å². The van der Waals surface area contributed by atoms with E-state index in [-0.39, 0.29) is 5.91 Å². The Labute approximate surface area is 122 Å². The summed E-state index contributed by atoms with van der Waals surface area (Å²) in [6, 6.07) is 9.60. The van der Waals surface area contributed by atoms with Crippen LogP contribution in [0.25, 0.3) is 5.57 Å².